The third kappa shape index (κ3) is 6.95. The average Bonchev–Trinajstić information content (AvgIpc) is 3.05. The second kappa shape index (κ2) is 14.1. The normalized spacial score (nSPS) is 15.7. The van der Waals surface area contributed by atoms with Crippen LogP contribution in [0.4, 0.5) is 17.1 Å². The zero-order valence-corrected chi connectivity index (χ0v) is 24.3. The van der Waals surface area contributed by atoms with E-state index < -0.39 is 0 Å². The van der Waals surface area contributed by atoms with Crippen molar-refractivity contribution in [2.45, 2.75) is 0 Å². The van der Waals surface area contributed by atoms with E-state index in [1.807, 2.05) is 36.4 Å². The number of anilines is 3. The predicted octanol–water partition coefficient (Wildman–Crippen LogP) is 3.34. The molecule has 10 heteroatoms. The molecule has 2 amide bonds. The lowest BCUT2D eigenvalue weighted by molar-refractivity contribution is 0.0383. The van der Waals surface area contributed by atoms with Crippen molar-refractivity contribution in [3.05, 3.63) is 77.9 Å². The van der Waals surface area contributed by atoms with Crippen LogP contribution in [0.5, 0.6) is 11.5 Å². The summed E-state index contributed by atoms with van der Waals surface area (Å²) in [5, 5.41) is 6.04. The summed E-state index contributed by atoms with van der Waals surface area (Å²) >= 11 is 0. The van der Waals surface area contributed by atoms with Crippen LogP contribution in [0, 0.1) is 0 Å². The molecule has 42 heavy (non-hydrogen) atoms. The van der Waals surface area contributed by atoms with Crippen molar-refractivity contribution >= 4 is 28.9 Å². The zero-order valence-electron chi connectivity index (χ0n) is 24.3. The summed E-state index contributed by atoms with van der Waals surface area (Å²) in [6, 6.07) is 20.6. The van der Waals surface area contributed by atoms with E-state index in [1.165, 1.54) is 7.11 Å². The van der Waals surface area contributed by atoms with E-state index in [9.17, 15) is 9.59 Å². The molecule has 2 aliphatic heterocycles. The van der Waals surface area contributed by atoms with Gasteiger partial charge in [0.2, 0.25) is 0 Å². The Morgan fingerprint density at radius 3 is 2.10 bits per heavy atom. The Morgan fingerprint density at radius 2 is 1.38 bits per heavy atom. The van der Waals surface area contributed by atoms with Crippen LogP contribution in [-0.4, -0.2) is 96.5 Å². The number of benzene rings is 3. The second-order valence-electron chi connectivity index (χ2n) is 10.2. The standard InChI is InChI=1S/C32H39N5O5/c1-40-29-9-5-3-7-25(29)32(39)34-24-11-12-27(26(23-24)31(38)33-13-14-35-19-21-42-22-20-35)36-15-17-37(18-16-36)28-8-4-6-10-30(28)41-2/h3-12,23H,13-22H2,1-2H3,(H,33,38)(H,34,39). The van der Waals surface area contributed by atoms with Gasteiger partial charge in [-0.05, 0) is 42.5 Å². The molecule has 0 aromatic heterocycles. The molecule has 0 atom stereocenters. The molecule has 0 unspecified atom stereocenters. The van der Waals surface area contributed by atoms with Gasteiger partial charge >= 0.3 is 0 Å². The van der Waals surface area contributed by atoms with Crippen molar-refractivity contribution in [1.29, 1.82) is 0 Å². The van der Waals surface area contributed by atoms with Crippen LogP contribution in [0.25, 0.3) is 0 Å². The molecule has 10 nitrogen and oxygen atoms in total. The predicted molar refractivity (Wildman–Crippen MR) is 164 cm³/mol. The highest BCUT2D eigenvalue weighted by Crippen LogP contribution is 2.31. The molecule has 0 bridgehead atoms. The van der Waals surface area contributed by atoms with E-state index >= 15 is 0 Å². The molecule has 0 radical (unpaired) electrons. The lowest BCUT2D eigenvalue weighted by Gasteiger charge is -2.38. The number of nitrogens with zero attached hydrogens (tertiary/aromatic N) is 3. The maximum absolute atomic E-state index is 13.6. The Labute approximate surface area is 247 Å². The van der Waals surface area contributed by atoms with Gasteiger partial charge in [0.1, 0.15) is 11.5 Å². The number of carbonyl (C=O) groups is 2. The molecule has 2 aliphatic rings. The first-order valence-electron chi connectivity index (χ1n) is 14.4. The highest BCUT2D eigenvalue weighted by molar-refractivity contribution is 6.07. The number of nitrogens with one attached hydrogen (secondary N) is 2. The second-order valence-corrected chi connectivity index (χ2v) is 10.2. The maximum atomic E-state index is 13.6. The molecule has 0 aliphatic carbocycles. The lowest BCUT2D eigenvalue weighted by Crippen LogP contribution is -2.47. The van der Waals surface area contributed by atoms with Gasteiger partial charge in [-0.2, -0.15) is 0 Å². The molecule has 2 heterocycles. The number of hydrogen-bond donors (Lipinski definition) is 2. The fourth-order valence-corrected chi connectivity index (χ4v) is 5.43. The number of morpholine rings is 1. The first-order valence-corrected chi connectivity index (χ1v) is 14.4. The van der Waals surface area contributed by atoms with E-state index in [0.29, 0.717) is 42.3 Å². The Bertz CT molecular complexity index is 1370. The maximum Gasteiger partial charge on any atom is 0.259 e. The number of methoxy groups -OCH3 is 2. The summed E-state index contributed by atoms with van der Waals surface area (Å²) in [7, 11) is 3.22. The van der Waals surface area contributed by atoms with Gasteiger partial charge in [0.15, 0.2) is 0 Å². The number of piperazine rings is 1. The molecule has 0 spiro atoms. The van der Waals surface area contributed by atoms with E-state index in [1.54, 1.807) is 31.4 Å². The van der Waals surface area contributed by atoms with Crippen molar-refractivity contribution in [2.24, 2.45) is 0 Å². The minimum absolute atomic E-state index is 0.168. The number of carbonyl (C=O) groups excluding carboxylic acids is 2. The van der Waals surface area contributed by atoms with Crippen LogP contribution in [0.3, 0.4) is 0 Å². The van der Waals surface area contributed by atoms with Gasteiger partial charge < -0.3 is 34.6 Å². The van der Waals surface area contributed by atoms with Gasteiger partial charge in [0.05, 0.1) is 44.2 Å². The Balaban J connectivity index is 1.33. The zero-order chi connectivity index (χ0) is 29.3. The van der Waals surface area contributed by atoms with Gasteiger partial charge in [0.25, 0.3) is 11.8 Å². The minimum atomic E-state index is -0.302. The first kappa shape index (κ1) is 29.2. The van der Waals surface area contributed by atoms with Gasteiger partial charge in [-0.25, -0.2) is 0 Å². The van der Waals surface area contributed by atoms with Gasteiger partial charge in [-0.3, -0.25) is 14.5 Å². The fourth-order valence-electron chi connectivity index (χ4n) is 5.43. The molecular formula is C32H39N5O5. The molecular weight excluding hydrogens is 534 g/mol. The highest BCUT2D eigenvalue weighted by atomic mass is 16.5. The molecule has 222 valence electrons. The number of ether oxygens (including phenoxy) is 3. The topological polar surface area (TPSA) is 95.6 Å². The molecule has 0 saturated carbocycles. The Kier molecular flexibility index (Phi) is 9.78. The fraction of sp³-hybridized carbons (Fsp3) is 0.375. The van der Waals surface area contributed by atoms with Crippen LogP contribution in [0.2, 0.25) is 0 Å². The summed E-state index contributed by atoms with van der Waals surface area (Å²) in [6.45, 7) is 7.47. The largest absolute Gasteiger partial charge is 0.496 e. The number of rotatable bonds is 10. The lowest BCUT2D eigenvalue weighted by atomic mass is 10.1. The van der Waals surface area contributed by atoms with Crippen molar-refractivity contribution < 1.29 is 23.8 Å². The summed E-state index contributed by atoms with van der Waals surface area (Å²) < 4.78 is 16.4. The summed E-state index contributed by atoms with van der Waals surface area (Å²) in [5.74, 6) is 0.866. The van der Waals surface area contributed by atoms with E-state index in [2.05, 4.69) is 31.4 Å². The first-order chi connectivity index (χ1) is 20.6. The van der Waals surface area contributed by atoms with Crippen LogP contribution in [-0.2, 0) is 4.74 Å². The third-order valence-electron chi connectivity index (χ3n) is 7.71. The molecule has 5 rings (SSSR count). The summed E-state index contributed by atoms with van der Waals surface area (Å²) in [5.41, 5.74) is 3.40. The monoisotopic (exact) mass is 573 g/mol. The van der Waals surface area contributed by atoms with Crippen molar-refractivity contribution in [2.75, 3.05) is 94.9 Å². The third-order valence-corrected chi connectivity index (χ3v) is 7.71. The molecule has 2 saturated heterocycles. The van der Waals surface area contributed by atoms with Crippen LogP contribution >= 0.6 is 0 Å². The van der Waals surface area contributed by atoms with E-state index in [-0.39, 0.29) is 11.8 Å². The average molecular weight is 574 g/mol. The molecule has 2 fully saturated rings. The van der Waals surface area contributed by atoms with E-state index in [4.69, 9.17) is 14.2 Å². The Morgan fingerprint density at radius 1 is 0.738 bits per heavy atom. The van der Waals surface area contributed by atoms with E-state index in [0.717, 1.165) is 62.9 Å². The number of amides is 2. The van der Waals surface area contributed by atoms with Crippen molar-refractivity contribution in [3.8, 4) is 11.5 Å². The van der Waals surface area contributed by atoms with Crippen LogP contribution in [0.15, 0.2) is 66.7 Å². The minimum Gasteiger partial charge on any atom is -0.496 e. The molecule has 3 aromatic carbocycles. The smallest absolute Gasteiger partial charge is 0.259 e. The van der Waals surface area contributed by atoms with Gasteiger partial charge in [-0.1, -0.05) is 24.3 Å². The van der Waals surface area contributed by atoms with Crippen LogP contribution in [0.1, 0.15) is 20.7 Å². The Hall–Kier alpha value is -4.28. The number of hydrogen-bond acceptors (Lipinski definition) is 8. The quantitative estimate of drug-likeness (QED) is 0.382. The number of para-hydroxylation sites is 3. The molecule has 3 aromatic rings. The van der Waals surface area contributed by atoms with Crippen molar-refractivity contribution in [1.82, 2.24) is 10.2 Å². The van der Waals surface area contributed by atoms with Gasteiger partial charge in [0, 0.05) is 63.7 Å². The van der Waals surface area contributed by atoms with Crippen LogP contribution < -0.4 is 29.9 Å². The van der Waals surface area contributed by atoms with Gasteiger partial charge in [-0.15, -0.1) is 0 Å². The summed E-state index contributed by atoms with van der Waals surface area (Å²) in [4.78, 5) is 33.5. The van der Waals surface area contributed by atoms with Crippen molar-refractivity contribution in [3.63, 3.8) is 0 Å². The SMILES string of the molecule is COc1ccccc1C(=O)Nc1ccc(N2CCN(c3ccccc3OC)CC2)c(C(=O)NCCN2CCOCC2)c1. The molecule has 2 N–H and O–H groups in total. The summed E-state index contributed by atoms with van der Waals surface area (Å²) in [6.07, 6.45) is 0. The highest BCUT2D eigenvalue weighted by Gasteiger charge is 2.24.